The fraction of sp³-hybridized carbons (Fsp3) is 0.611. The molecule has 0 radical (unpaired) electrons. The molecule has 21 heavy (non-hydrogen) atoms. The lowest BCUT2D eigenvalue weighted by Crippen LogP contribution is -2.45. The maximum atomic E-state index is 10.7. The van der Waals surface area contributed by atoms with Crippen LogP contribution in [0.4, 0.5) is 0 Å². The summed E-state index contributed by atoms with van der Waals surface area (Å²) in [7, 11) is 0. The van der Waals surface area contributed by atoms with Crippen LogP contribution in [0.3, 0.4) is 0 Å². The molecule has 1 aliphatic carbocycles. The number of benzene rings is 1. The third kappa shape index (κ3) is 4.30. The predicted octanol–water partition coefficient (Wildman–Crippen LogP) is 3.54. The minimum atomic E-state index is -0.573. The zero-order chi connectivity index (χ0) is 15.5. The Labute approximate surface area is 128 Å². The van der Waals surface area contributed by atoms with E-state index in [4.69, 9.17) is 5.26 Å². The maximum absolute atomic E-state index is 10.7. The summed E-state index contributed by atoms with van der Waals surface area (Å²) in [6.07, 6.45) is 3.90. The molecule has 0 heterocycles. The molecule has 2 N–H and O–H groups in total. The van der Waals surface area contributed by atoms with Gasteiger partial charge in [0.1, 0.15) is 0 Å². The highest BCUT2D eigenvalue weighted by Crippen LogP contribution is 2.40. The molecular weight excluding hydrogens is 260 g/mol. The monoisotopic (exact) mass is 286 g/mol. The van der Waals surface area contributed by atoms with Gasteiger partial charge in [-0.3, -0.25) is 0 Å². The van der Waals surface area contributed by atoms with Gasteiger partial charge in [-0.2, -0.15) is 5.26 Å². The minimum absolute atomic E-state index is 0.178. The van der Waals surface area contributed by atoms with Crippen molar-refractivity contribution in [2.24, 2.45) is 5.41 Å². The van der Waals surface area contributed by atoms with E-state index in [1.807, 2.05) is 24.3 Å². The zero-order valence-electron chi connectivity index (χ0n) is 13.3. The largest absolute Gasteiger partial charge is 0.389 e. The van der Waals surface area contributed by atoms with Gasteiger partial charge in [0.2, 0.25) is 0 Å². The molecule has 2 rings (SSSR count). The maximum Gasteiger partial charge on any atom is 0.0991 e. The summed E-state index contributed by atoms with van der Waals surface area (Å²) in [4.78, 5) is 0. The number of hydrogen-bond acceptors (Lipinski definition) is 3. The van der Waals surface area contributed by atoms with Crippen LogP contribution in [0, 0.1) is 16.7 Å². The van der Waals surface area contributed by atoms with Crippen LogP contribution in [0.2, 0.25) is 0 Å². The van der Waals surface area contributed by atoms with Crippen LogP contribution in [-0.4, -0.2) is 17.3 Å². The highest BCUT2D eigenvalue weighted by molar-refractivity contribution is 5.32. The standard InChI is InChI=1S/C18H26N2O/c1-14(16-6-4-15(12-19)5-7-16)20-13-18(21)10-8-17(2,3)9-11-18/h4-7,14,20-21H,8-11,13H2,1-3H3. The van der Waals surface area contributed by atoms with E-state index in [0.29, 0.717) is 17.5 Å². The van der Waals surface area contributed by atoms with E-state index < -0.39 is 5.60 Å². The molecule has 114 valence electrons. The second kappa shape index (κ2) is 6.17. The van der Waals surface area contributed by atoms with Crippen molar-refractivity contribution in [1.29, 1.82) is 5.26 Å². The summed E-state index contributed by atoms with van der Waals surface area (Å²) in [5, 5.41) is 22.9. The molecule has 0 bridgehead atoms. The van der Waals surface area contributed by atoms with Crippen molar-refractivity contribution in [3.05, 3.63) is 35.4 Å². The lowest BCUT2D eigenvalue weighted by molar-refractivity contribution is -0.0258. The molecule has 3 nitrogen and oxygen atoms in total. The molecule has 1 fully saturated rings. The van der Waals surface area contributed by atoms with Crippen LogP contribution in [0.5, 0.6) is 0 Å². The summed E-state index contributed by atoms with van der Waals surface area (Å²) < 4.78 is 0. The van der Waals surface area contributed by atoms with Crippen molar-refractivity contribution in [2.45, 2.75) is 58.1 Å². The Morgan fingerprint density at radius 2 is 1.76 bits per heavy atom. The number of aliphatic hydroxyl groups is 1. The molecule has 0 amide bonds. The number of hydrogen-bond donors (Lipinski definition) is 2. The fourth-order valence-electron chi connectivity index (χ4n) is 2.88. The summed E-state index contributed by atoms with van der Waals surface area (Å²) in [6.45, 7) is 7.28. The van der Waals surface area contributed by atoms with Crippen molar-refractivity contribution < 1.29 is 5.11 Å². The van der Waals surface area contributed by atoms with Crippen LogP contribution in [0.25, 0.3) is 0 Å². The van der Waals surface area contributed by atoms with Gasteiger partial charge >= 0.3 is 0 Å². The zero-order valence-corrected chi connectivity index (χ0v) is 13.3. The summed E-state index contributed by atoms with van der Waals surface area (Å²) in [5.74, 6) is 0. The van der Waals surface area contributed by atoms with Gasteiger partial charge < -0.3 is 10.4 Å². The first-order valence-electron chi connectivity index (χ1n) is 7.79. The first-order valence-corrected chi connectivity index (χ1v) is 7.79. The van der Waals surface area contributed by atoms with Gasteiger partial charge in [0.25, 0.3) is 0 Å². The SMILES string of the molecule is CC(NCC1(O)CCC(C)(C)CC1)c1ccc(C#N)cc1. The van der Waals surface area contributed by atoms with Gasteiger partial charge in [-0.05, 0) is 55.7 Å². The second-order valence-electron chi connectivity index (χ2n) is 7.22. The van der Waals surface area contributed by atoms with Gasteiger partial charge in [0, 0.05) is 12.6 Å². The average molecular weight is 286 g/mol. The highest BCUT2D eigenvalue weighted by atomic mass is 16.3. The van der Waals surface area contributed by atoms with Gasteiger partial charge in [-0.25, -0.2) is 0 Å². The van der Waals surface area contributed by atoms with E-state index in [1.54, 1.807) is 0 Å². The number of rotatable bonds is 4. The molecule has 1 aromatic carbocycles. The van der Waals surface area contributed by atoms with E-state index in [-0.39, 0.29) is 6.04 Å². The Kier molecular flexibility index (Phi) is 4.70. The third-order valence-corrected chi connectivity index (χ3v) is 4.81. The molecule has 0 saturated heterocycles. The molecule has 1 saturated carbocycles. The molecule has 3 heteroatoms. The molecule has 0 aliphatic heterocycles. The lowest BCUT2D eigenvalue weighted by Gasteiger charge is -2.40. The predicted molar refractivity (Wildman–Crippen MR) is 84.8 cm³/mol. The average Bonchev–Trinajstić information content (AvgIpc) is 2.49. The highest BCUT2D eigenvalue weighted by Gasteiger charge is 2.36. The quantitative estimate of drug-likeness (QED) is 0.890. The Balaban J connectivity index is 1.88. The van der Waals surface area contributed by atoms with E-state index in [2.05, 4.69) is 32.2 Å². The van der Waals surface area contributed by atoms with Crippen molar-refractivity contribution in [3.8, 4) is 6.07 Å². The van der Waals surface area contributed by atoms with E-state index in [0.717, 1.165) is 31.2 Å². The molecule has 1 atom stereocenters. The lowest BCUT2D eigenvalue weighted by atomic mass is 9.71. The second-order valence-corrected chi connectivity index (χ2v) is 7.22. The number of nitrogens with one attached hydrogen (secondary N) is 1. The fourth-order valence-corrected chi connectivity index (χ4v) is 2.88. The van der Waals surface area contributed by atoms with Crippen molar-refractivity contribution >= 4 is 0 Å². The van der Waals surface area contributed by atoms with E-state index >= 15 is 0 Å². The molecule has 1 aromatic rings. The van der Waals surface area contributed by atoms with Crippen LogP contribution >= 0.6 is 0 Å². The van der Waals surface area contributed by atoms with E-state index in [9.17, 15) is 5.11 Å². The third-order valence-electron chi connectivity index (χ3n) is 4.81. The van der Waals surface area contributed by atoms with Crippen LogP contribution < -0.4 is 5.32 Å². The minimum Gasteiger partial charge on any atom is -0.389 e. The topological polar surface area (TPSA) is 56.0 Å². The molecular formula is C18H26N2O. The van der Waals surface area contributed by atoms with Gasteiger partial charge in [0.15, 0.2) is 0 Å². The normalized spacial score (nSPS) is 21.5. The Morgan fingerprint density at radius 3 is 2.29 bits per heavy atom. The summed E-state index contributed by atoms with van der Waals surface area (Å²) in [5.41, 5.74) is 1.62. The molecule has 0 aromatic heterocycles. The first-order chi connectivity index (χ1) is 9.84. The number of nitriles is 1. The Morgan fingerprint density at radius 1 is 1.19 bits per heavy atom. The summed E-state index contributed by atoms with van der Waals surface area (Å²) >= 11 is 0. The molecule has 1 aliphatic rings. The smallest absolute Gasteiger partial charge is 0.0991 e. The van der Waals surface area contributed by atoms with Crippen molar-refractivity contribution in [3.63, 3.8) is 0 Å². The van der Waals surface area contributed by atoms with Crippen LogP contribution in [-0.2, 0) is 0 Å². The molecule has 0 spiro atoms. The molecule has 1 unspecified atom stereocenters. The summed E-state index contributed by atoms with van der Waals surface area (Å²) in [6, 6.07) is 9.94. The van der Waals surface area contributed by atoms with Crippen LogP contribution in [0.1, 0.15) is 63.6 Å². The Bertz CT molecular complexity index is 503. The number of nitrogens with zero attached hydrogens (tertiary/aromatic N) is 1. The van der Waals surface area contributed by atoms with Crippen molar-refractivity contribution in [1.82, 2.24) is 5.32 Å². The van der Waals surface area contributed by atoms with Crippen LogP contribution in [0.15, 0.2) is 24.3 Å². The Hall–Kier alpha value is -1.37. The van der Waals surface area contributed by atoms with Crippen molar-refractivity contribution in [2.75, 3.05) is 6.54 Å². The van der Waals surface area contributed by atoms with Gasteiger partial charge in [-0.1, -0.05) is 26.0 Å². The van der Waals surface area contributed by atoms with Gasteiger partial charge in [0.05, 0.1) is 17.2 Å². The van der Waals surface area contributed by atoms with E-state index in [1.165, 1.54) is 0 Å². The first kappa shape index (κ1) is 16.0. The van der Waals surface area contributed by atoms with Gasteiger partial charge in [-0.15, -0.1) is 0 Å².